The monoisotopic (exact) mass is 355 g/mol. The lowest BCUT2D eigenvalue weighted by Gasteiger charge is -2.37. The highest BCUT2D eigenvalue weighted by atomic mass is 35.5. The van der Waals surface area contributed by atoms with Crippen molar-refractivity contribution in [1.29, 1.82) is 0 Å². The molecule has 2 aliphatic heterocycles. The Kier molecular flexibility index (Phi) is 6.69. The van der Waals surface area contributed by atoms with Crippen molar-refractivity contribution in [3.05, 3.63) is 24.2 Å². The number of rotatable bonds is 3. The molecule has 3 atom stereocenters. The van der Waals surface area contributed by atoms with Gasteiger partial charge in [-0.25, -0.2) is 0 Å². The first-order chi connectivity index (χ1) is 11.2. The summed E-state index contributed by atoms with van der Waals surface area (Å²) in [7, 11) is 0. The first-order valence-electron chi connectivity index (χ1n) is 8.52. The summed E-state index contributed by atoms with van der Waals surface area (Å²) in [6.45, 7) is 4.60. The van der Waals surface area contributed by atoms with Crippen LogP contribution in [0, 0.1) is 5.92 Å². The van der Waals surface area contributed by atoms with Crippen molar-refractivity contribution in [2.75, 3.05) is 19.6 Å². The van der Waals surface area contributed by atoms with Crippen LogP contribution in [0.3, 0.4) is 0 Å². The third kappa shape index (κ3) is 4.11. The minimum atomic E-state index is -0.386. The SMILES string of the molecule is CC1CNCCC1NC(=O)C1CCCCN1C(=O)c1ccco1.Cl. The Bertz CT molecular complexity index is 549. The van der Waals surface area contributed by atoms with E-state index in [2.05, 4.69) is 17.6 Å². The summed E-state index contributed by atoms with van der Waals surface area (Å²) in [5.41, 5.74) is 0. The number of piperidine rings is 2. The van der Waals surface area contributed by atoms with Crippen molar-refractivity contribution in [1.82, 2.24) is 15.5 Å². The van der Waals surface area contributed by atoms with Crippen molar-refractivity contribution < 1.29 is 14.0 Å². The predicted molar refractivity (Wildman–Crippen MR) is 93.2 cm³/mol. The molecule has 2 saturated heterocycles. The third-order valence-corrected chi connectivity index (χ3v) is 4.91. The van der Waals surface area contributed by atoms with E-state index < -0.39 is 0 Å². The summed E-state index contributed by atoms with van der Waals surface area (Å²) in [6.07, 6.45) is 5.05. The fraction of sp³-hybridized carbons (Fsp3) is 0.647. The molecule has 24 heavy (non-hydrogen) atoms. The van der Waals surface area contributed by atoms with E-state index in [1.165, 1.54) is 6.26 Å². The average Bonchev–Trinajstić information content (AvgIpc) is 3.11. The zero-order chi connectivity index (χ0) is 16.2. The van der Waals surface area contributed by atoms with Crippen LogP contribution in [0.25, 0.3) is 0 Å². The molecule has 2 aliphatic rings. The molecule has 2 N–H and O–H groups in total. The van der Waals surface area contributed by atoms with Crippen LogP contribution < -0.4 is 10.6 Å². The van der Waals surface area contributed by atoms with Gasteiger partial charge < -0.3 is 20.0 Å². The second kappa shape index (κ2) is 8.53. The Balaban J connectivity index is 0.00000208. The second-order valence-electron chi connectivity index (χ2n) is 6.57. The van der Waals surface area contributed by atoms with Crippen LogP contribution in [0.15, 0.2) is 22.8 Å². The number of furan rings is 1. The minimum absolute atomic E-state index is 0. The Morgan fingerprint density at radius 2 is 2.17 bits per heavy atom. The Morgan fingerprint density at radius 3 is 2.88 bits per heavy atom. The van der Waals surface area contributed by atoms with Gasteiger partial charge in [0.05, 0.1) is 6.26 Å². The number of hydrogen-bond donors (Lipinski definition) is 2. The smallest absolute Gasteiger partial charge is 0.290 e. The van der Waals surface area contributed by atoms with Gasteiger partial charge in [-0.1, -0.05) is 6.92 Å². The number of hydrogen-bond acceptors (Lipinski definition) is 4. The van der Waals surface area contributed by atoms with Crippen molar-refractivity contribution in [2.45, 2.75) is 44.7 Å². The Hall–Kier alpha value is -1.53. The van der Waals surface area contributed by atoms with Gasteiger partial charge in [0.15, 0.2) is 5.76 Å². The van der Waals surface area contributed by atoms with Crippen LogP contribution >= 0.6 is 12.4 Å². The van der Waals surface area contributed by atoms with E-state index in [9.17, 15) is 9.59 Å². The van der Waals surface area contributed by atoms with Crippen molar-refractivity contribution in [2.24, 2.45) is 5.92 Å². The normalized spacial score (nSPS) is 27.2. The van der Waals surface area contributed by atoms with Crippen molar-refractivity contribution >= 4 is 24.2 Å². The molecule has 0 spiro atoms. The van der Waals surface area contributed by atoms with Crippen LogP contribution in [0.5, 0.6) is 0 Å². The lowest BCUT2D eigenvalue weighted by atomic mass is 9.94. The first kappa shape index (κ1) is 18.8. The summed E-state index contributed by atoms with van der Waals surface area (Å²) in [6, 6.07) is 3.15. The van der Waals surface area contributed by atoms with Gasteiger partial charge in [0.2, 0.25) is 5.91 Å². The summed E-state index contributed by atoms with van der Waals surface area (Å²) in [5, 5.41) is 6.50. The van der Waals surface area contributed by atoms with E-state index in [1.54, 1.807) is 17.0 Å². The van der Waals surface area contributed by atoms with Gasteiger partial charge in [-0.05, 0) is 56.8 Å². The Morgan fingerprint density at radius 1 is 1.33 bits per heavy atom. The molecule has 2 fully saturated rings. The summed E-state index contributed by atoms with van der Waals surface area (Å²) < 4.78 is 5.21. The second-order valence-corrected chi connectivity index (χ2v) is 6.57. The number of halogens is 1. The van der Waals surface area contributed by atoms with Crippen LogP contribution in [0.4, 0.5) is 0 Å². The highest BCUT2D eigenvalue weighted by Crippen LogP contribution is 2.21. The fourth-order valence-corrected chi connectivity index (χ4v) is 3.50. The quantitative estimate of drug-likeness (QED) is 0.867. The maximum Gasteiger partial charge on any atom is 0.290 e. The fourth-order valence-electron chi connectivity index (χ4n) is 3.50. The van der Waals surface area contributed by atoms with Crippen LogP contribution in [0.1, 0.15) is 43.2 Å². The van der Waals surface area contributed by atoms with Crippen molar-refractivity contribution in [3.8, 4) is 0 Å². The third-order valence-electron chi connectivity index (χ3n) is 4.91. The molecule has 0 aliphatic carbocycles. The molecule has 7 heteroatoms. The molecular weight excluding hydrogens is 330 g/mol. The Labute approximate surface area is 148 Å². The predicted octanol–water partition coefficient (Wildman–Crippen LogP) is 1.81. The number of likely N-dealkylation sites (tertiary alicyclic amines) is 1. The summed E-state index contributed by atoms with van der Waals surface area (Å²) in [4.78, 5) is 27.0. The topological polar surface area (TPSA) is 74.6 Å². The highest BCUT2D eigenvalue weighted by Gasteiger charge is 2.35. The maximum atomic E-state index is 12.7. The minimum Gasteiger partial charge on any atom is -0.459 e. The summed E-state index contributed by atoms with van der Waals surface area (Å²) >= 11 is 0. The average molecular weight is 356 g/mol. The molecule has 3 rings (SSSR count). The van der Waals surface area contributed by atoms with Gasteiger partial charge in [-0.15, -0.1) is 12.4 Å². The molecule has 2 amide bonds. The first-order valence-corrected chi connectivity index (χ1v) is 8.52. The molecule has 3 heterocycles. The molecule has 0 bridgehead atoms. The number of carbonyl (C=O) groups is 2. The molecule has 0 saturated carbocycles. The number of nitrogens with one attached hydrogen (secondary N) is 2. The van der Waals surface area contributed by atoms with Gasteiger partial charge in [0, 0.05) is 12.6 Å². The van der Waals surface area contributed by atoms with E-state index in [4.69, 9.17) is 4.42 Å². The molecule has 3 unspecified atom stereocenters. The number of nitrogens with zero attached hydrogens (tertiary/aromatic N) is 1. The molecule has 6 nitrogen and oxygen atoms in total. The molecule has 0 aromatic carbocycles. The zero-order valence-electron chi connectivity index (χ0n) is 14.0. The van der Waals surface area contributed by atoms with Gasteiger partial charge in [0.1, 0.15) is 6.04 Å². The van der Waals surface area contributed by atoms with E-state index >= 15 is 0 Å². The van der Waals surface area contributed by atoms with Crippen LogP contribution in [0.2, 0.25) is 0 Å². The van der Waals surface area contributed by atoms with E-state index in [0.717, 1.165) is 38.8 Å². The largest absolute Gasteiger partial charge is 0.459 e. The standard InChI is InChI=1S/C17H25N3O3.ClH/c1-12-11-18-8-7-13(12)19-16(21)14-5-2-3-9-20(14)17(22)15-6-4-10-23-15;/h4,6,10,12-14,18H,2-3,5,7-9,11H2,1H3,(H,19,21);1H. The van der Waals surface area contributed by atoms with Gasteiger partial charge in [0.25, 0.3) is 5.91 Å². The van der Waals surface area contributed by atoms with Crippen LogP contribution in [-0.2, 0) is 4.79 Å². The van der Waals surface area contributed by atoms with Crippen molar-refractivity contribution in [3.63, 3.8) is 0 Å². The van der Waals surface area contributed by atoms with Gasteiger partial charge in [-0.2, -0.15) is 0 Å². The lowest BCUT2D eigenvalue weighted by molar-refractivity contribution is -0.127. The van der Waals surface area contributed by atoms with E-state index in [-0.39, 0.29) is 36.3 Å². The molecule has 1 aromatic heterocycles. The molecular formula is C17H26ClN3O3. The highest BCUT2D eigenvalue weighted by molar-refractivity contribution is 5.95. The van der Waals surface area contributed by atoms with E-state index in [0.29, 0.717) is 18.2 Å². The van der Waals surface area contributed by atoms with Crippen LogP contribution in [-0.4, -0.2) is 48.4 Å². The molecule has 0 radical (unpaired) electrons. The molecule has 1 aromatic rings. The lowest BCUT2D eigenvalue weighted by Crippen LogP contribution is -2.56. The summed E-state index contributed by atoms with van der Waals surface area (Å²) in [5.74, 6) is 0.502. The maximum absolute atomic E-state index is 12.7. The van der Waals surface area contributed by atoms with Gasteiger partial charge in [-0.3, -0.25) is 9.59 Å². The number of amides is 2. The molecule has 134 valence electrons. The van der Waals surface area contributed by atoms with E-state index in [1.807, 2.05) is 0 Å². The zero-order valence-corrected chi connectivity index (χ0v) is 14.8. The van der Waals surface area contributed by atoms with Gasteiger partial charge >= 0.3 is 0 Å². The number of carbonyl (C=O) groups excluding carboxylic acids is 2.